The lowest BCUT2D eigenvalue weighted by molar-refractivity contribution is 1.18. The van der Waals surface area contributed by atoms with Crippen LogP contribution in [0.25, 0.3) is 86.3 Å². The lowest BCUT2D eigenvalue weighted by Crippen LogP contribution is -1.95. The molecule has 0 aliphatic rings. The molecule has 3 heteroatoms. The second-order valence-corrected chi connectivity index (χ2v) is 12.8. The smallest absolute Gasteiger partial charge is 0.0555 e. The first-order valence-electron chi connectivity index (χ1n) is 15.4. The van der Waals surface area contributed by atoms with Crippen LogP contribution in [-0.4, -0.2) is 9.13 Å². The third-order valence-corrected chi connectivity index (χ3v) is 10.4. The quantitative estimate of drug-likeness (QED) is 0.194. The summed E-state index contributed by atoms with van der Waals surface area (Å²) in [5.74, 6) is 0. The van der Waals surface area contributed by atoms with E-state index in [1.54, 1.807) is 0 Å². The highest BCUT2D eigenvalue weighted by atomic mass is 32.1. The average molecular weight is 591 g/mol. The highest BCUT2D eigenvalue weighted by Gasteiger charge is 2.22. The SMILES string of the molecule is c1ccc(-c2cccc3sc4cccc(-n5c6ccccc6c6c7c8ccccc8n(-c8ccccc8)c7ccc65)c4c23)cc1. The Bertz CT molecular complexity index is 2740. The zero-order chi connectivity index (χ0) is 29.5. The fourth-order valence-electron chi connectivity index (χ4n) is 7.53. The Balaban J connectivity index is 1.38. The van der Waals surface area contributed by atoms with Crippen LogP contribution in [0.4, 0.5) is 0 Å². The van der Waals surface area contributed by atoms with E-state index in [2.05, 4.69) is 167 Å². The Hall–Kier alpha value is -5.64. The van der Waals surface area contributed by atoms with Gasteiger partial charge in [-0.05, 0) is 65.7 Å². The van der Waals surface area contributed by atoms with Gasteiger partial charge < -0.3 is 9.13 Å². The van der Waals surface area contributed by atoms with Crippen molar-refractivity contribution < 1.29 is 0 Å². The molecule has 0 radical (unpaired) electrons. The van der Waals surface area contributed by atoms with Crippen LogP contribution < -0.4 is 0 Å². The minimum atomic E-state index is 1.18. The number of aromatic nitrogens is 2. The van der Waals surface area contributed by atoms with Crippen LogP contribution in [0.2, 0.25) is 0 Å². The summed E-state index contributed by atoms with van der Waals surface area (Å²) in [6, 6.07) is 57.5. The van der Waals surface area contributed by atoms with Crippen molar-refractivity contribution in [2.24, 2.45) is 0 Å². The number of rotatable bonds is 3. The number of fused-ring (bicyclic) bond motifs is 10. The molecule has 210 valence electrons. The van der Waals surface area contributed by atoms with Gasteiger partial charge in [-0.1, -0.05) is 103 Å². The summed E-state index contributed by atoms with van der Waals surface area (Å²) in [6.07, 6.45) is 0. The van der Waals surface area contributed by atoms with Crippen molar-refractivity contribution in [3.05, 3.63) is 158 Å². The summed E-state index contributed by atoms with van der Waals surface area (Å²) in [5.41, 5.74) is 9.82. The van der Waals surface area contributed by atoms with E-state index in [0.717, 1.165) is 0 Å². The van der Waals surface area contributed by atoms with E-state index in [1.165, 1.54) is 86.3 Å². The molecule has 3 aromatic heterocycles. The van der Waals surface area contributed by atoms with Gasteiger partial charge in [0, 0.05) is 47.4 Å². The van der Waals surface area contributed by atoms with Crippen LogP contribution in [0, 0.1) is 0 Å². The second-order valence-electron chi connectivity index (χ2n) is 11.7. The van der Waals surface area contributed by atoms with Gasteiger partial charge in [0.25, 0.3) is 0 Å². The summed E-state index contributed by atoms with van der Waals surface area (Å²) in [6.45, 7) is 0. The van der Waals surface area contributed by atoms with Gasteiger partial charge in [0.05, 0.1) is 27.8 Å². The summed E-state index contributed by atoms with van der Waals surface area (Å²) in [4.78, 5) is 0. The fraction of sp³-hybridized carbons (Fsp3) is 0. The topological polar surface area (TPSA) is 9.86 Å². The Kier molecular flexibility index (Phi) is 5.19. The van der Waals surface area contributed by atoms with Crippen molar-refractivity contribution in [2.45, 2.75) is 0 Å². The largest absolute Gasteiger partial charge is 0.309 e. The normalized spacial score (nSPS) is 12.0. The molecule has 0 spiro atoms. The molecule has 10 aromatic rings. The predicted octanol–water partition coefficient (Wildman–Crippen LogP) is 11.9. The molecule has 0 aliphatic carbocycles. The number of para-hydroxylation sites is 3. The standard InChI is InChI=1S/C42H26N2S/c1-3-13-27(14-4-1)29-19-11-23-37-41(29)42-34(22-12-24-38(42)45-37)44-33-21-10-8-18-31(33)40-36(44)26-25-35-39(40)30-17-7-9-20-32(30)43(35)28-15-5-2-6-16-28/h1-26H. The highest BCUT2D eigenvalue weighted by molar-refractivity contribution is 7.26. The van der Waals surface area contributed by atoms with E-state index < -0.39 is 0 Å². The number of hydrogen-bond donors (Lipinski definition) is 0. The third-order valence-electron chi connectivity index (χ3n) is 9.31. The van der Waals surface area contributed by atoms with E-state index in [9.17, 15) is 0 Å². The Morgan fingerprint density at radius 3 is 1.62 bits per heavy atom. The molecule has 0 saturated heterocycles. The van der Waals surface area contributed by atoms with E-state index >= 15 is 0 Å². The van der Waals surface area contributed by atoms with Gasteiger partial charge in [0.1, 0.15) is 0 Å². The maximum absolute atomic E-state index is 2.51. The molecule has 10 rings (SSSR count). The zero-order valence-corrected chi connectivity index (χ0v) is 25.1. The molecule has 0 atom stereocenters. The average Bonchev–Trinajstić information content (AvgIpc) is 3.76. The fourth-order valence-corrected chi connectivity index (χ4v) is 8.68. The molecule has 45 heavy (non-hydrogen) atoms. The van der Waals surface area contributed by atoms with Gasteiger partial charge in [-0.25, -0.2) is 0 Å². The molecule has 2 nitrogen and oxygen atoms in total. The molecular weight excluding hydrogens is 565 g/mol. The van der Waals surface area contributed by atoms with Gasteiger partial charge in [-0.15, -0.1) is 11.3 Å². The van der Waals surface area contributed by atoms with Crippen LogP contribution in [0.15, 0.2) is 158 Å². The maximum Gasteiger partial charge on any atom is 0.0555 e. The van der Waals surface area contributed by atoms with Crippen LogP contribution in [0.1, 0.15) is 0 Å². The first-order chi connectivity index (χ1) is 22.4. The van der Waals surface area contributed by atoms with Crippen LogP contribution in [0.3, 0.4) is 0 Å². The molecule has 0 bridgehead atoms. The van der Waals surface area contributed by atoms with Gasteiger partial charge >= 0.3 is 0 Å². The van der Waals surface area contributed by atoms with Crippen LogP contribution in [-0.2, 0) is 0 Å². The number of nitrogens with zero attached hydrogens (tertiary/aromatic N) is 2. The Morgan fingerprint density at radius 2 is 0.911 bits per heavy atom. The van der Waals surface area contributed by atoms with Crippen molar-refractivity contribution in [3.8, 4) is 22.5 Å². The number of thiophene rings is 1. The summed E-state index contributed by atoms with van der Waals surface area (Å²) < 4.78 is 7.54. The van der Waals surface area contributed by atoms with Gasteiger partial charge in [-0.2, -0.15) is 0 Å². The van der Waals surface area contributed by atoms with E-state index in [-0.39, 0.29) is 0 Å². The number of hydrogen-bond acceptors (Lipinski definition) is 1. The first kappa shape index (κ1) is 24.8. The molecule has 0 unspecified atom stereocenters. The molecule has 0 aliphatic heterocycles. The van der Waals surface area contributed by atoms with Crippen molar-refractivity contribution in [1.29, 1.82) is 0 Å². The Labute approximate surface area is 263 Å². The van der Waals surface area contributed by atoms with Gasteiger partial charge in [0.15, 0.2) is 0 Å². The number of benzene rings is 7. The van der Waals surface area contributed by atoms with Gasteiger partial charge in [0.2, 0.25) is 0 Å². The predicted molar refractivity (Wildman–Crippen MR) is 193 cm³/mol. The van der Waals surface area contributed by atoms with Crippen molar-refractivity contribution in [2.75, 3.05) is 0 Å². The van der Waals surface area contributed by atoms with Crippen LogP contribution in [0.5, 0.6) is 0 Å². The first-order valence-corrected chi connectivity index (χ1v) is 16.2. The van der Waals surface area contributed by atoms with Crippen molar-refractivity contribution in [1.82, 2.24) is 9.13 Å². The maximum atomic E-state index is 2.51. The third kappa shape index (κ3) is 3.44. The monoisotopic (exact) mass is 590 g/mol. The Morgan fingerprint density at radius 1 is 0.356 bits per heavy atom. The van der Waals surface area contributed by atoms with Crippen LogP contribution >= 0.6 is 11.3 Å². The van der Waals surface area contributed by atoms with Crippen molar-refractivity contribution >= 4 is 75.1 Å². The van der Waals surface area contributed by atoms with E-state index in [4.69, 9.17) is 0 Å². The minimum Gasteiger partial charge on any atom is -0.309 e. The zero-order valence-electron chi connectivity index (χ0n) is 24.3. The molecule has 0 fully saturated rings. The highest BCUT2D eigenvalue weighted by Crippen LogP contribution is 2.46. The molecule has 3 heterocycles. The van der Waals surface area contributed by atoms with E-state index in [0.29, 0.717) is 0 Å². The summed E-state index contributed by atoms with van der Waals surface area (Å²) in [7, 11) is 0. The summed E-state index contributed by atoms with van der Waals surface area (Å²) in [5, 5.41) is 7.78. The molecule has 7 aromatic carbocycles. The van der Waals surface area contributed by atoms with Gasteiger partial charge in [-0.3, -0.25) is 0 Å². The molecule has 0 saturated carbocycles. The molecule has 0 amide bonds. The molecular formula is C42H26N2S. The lowest BCUT2D eigenvalue weighted by atomic mass is 9.99. The lowest BCUT2D eigenvalue weighted by Gasteiger charge is -2.12. The molecule has 0 N–H and O–H groups in total. The second kappa shape index (κ2) is 9.43. The van der Waals surface area contributed by atoms with E-state index in [1.807, 2.05) is 11.3 Å². The summed E-state index contributed by atoms with van der Waals surface area (Å²) >= 11 is 1.88. The van der Waals surface area contributed by atoms with Crippen molar-refractivity contribution in [3.63, 3.8) is 0 Å². The minimum absolute atomic E-state index is 1.18.